The van der Waals surface area contributed by atoms with E-state index in [-0.39, 0.29) is 24.0 Å². The van der Waals surface area contributed by atoms with Crippen LogP contribution in [0.2, 0.25) is 0 Å². The molecule has 0 aromatic rings. The Balaban J connectivity index is 0.00000576. The maximum atomic E-state index is 5.86. The molecule has 0 bridgehead atoms. The third-order valence-electron chi connectivity index (χ3n) is 3.63. The SMILES string of the molecule is CCNC(=NCCCOCCOC)NCCCOC1CCOCC1.I. The van der Waals surface area contributed by atoms with E-state index < -0.39 is 0 Å². The third-order valence-corrected chi connectivity index (χ3v) is 3.63. The Morgan fingerprint density at radius 3 is 2.60 bits per heavy atom. The number of rotatable bonds is 13. The predicted octanol–water partition coefficient (Wildman–Crippen LogP) is 1.80. The Kier molecular flexibility index (Phi) is 18.5. The summed E-state index contributed by atoms with van der Waals surface area (Å²) >= 11 is 0. The van der Waals surface area contributed by atoms with Gasteiger partial charge in [0.15, 0.2) is 5.96 Å². The molecule has 0 spiro atoms. The van der Waals surface area contributed by atoms with Gasteiger partial charge in [-0.05, 0) is 32.6 Å². The summed E-state index contributed by atoms with van der Waals surface area (Å²) in [5.74, 6) is 0.862. The van der Waals surface area contributed by atoms with Crippen LogP contribution in [-0.2, 0) is 18.9 Å². The van der Waals surface area contributed by atoms with Crippen molar-refractivity contribution in [1.82, 2.24) is 10.6 Å². The molecule has 7 nitrogen and oxygen atoms in total. The first-order chi connectivity index (χ1) is 11.9. The normalized spacial score (nSPS) is 15.7. The van der Waals surface area contributed by atoms with Crippen LogP contribution in [0.25, 0.3) is 0 Å². The lowest BCUT2D eigenvalue weighted by Crippen LogP contribution is -2.38. The topological polar surface area (TPSA) is 73.3 Å². The van der Waals surface area contributed by atoms with Gasteiger partial charge in [0.1, 0.15) is 0 Å². The molecule has 8 heteroatoms. The average Bonchev–Trinajstić information content (AvgIpc) is 2.61. The van der Waals surface area contributed by atoms with E-state index >= 15 is 0 Å². The van der Waals surface area contributed by atoms with Gasteiger partial charge in [0.2, 0.25) is 0 Å². The maximum Gasteiger partial charge on any atom is 0.191 e. The third kappa shape index (κ3) is 14.7. The highest BCUT2D eigenvalue weighted by Gasteiger charge is 2.13. The first-order valence-corrected chi connectivity index (χ1v) is 9.15. The Bertz CT molecular complexity index is 316. The summed E-state index contributed by atoms with van der Waals surface area (Å²) in [6.45, 7) is 8.98. The zero-order valence-corrected chi connectivity index (χ0v) is 18.1. The molecule has 1 saturated heterocycles. The van der Waals surface area contributed by atoms with Gasteiger partial charge in [-0.2, -0.15) is 0 Å². The van der Waals surface area contributed by atoms with Gasteiger partial charge in [-0.1, -0.05) is 0 Å². The molecule has 0 aromatic carbocycles. The first kappa shape index (κ1) is 24.8. The zero-order chi connectivity index (χ0) is 17.3. The number of nitrogens with one attached hydrogen (secondary N) is 2. The van der Waals surface area contributed by atoms with E-state index in [9.17, 15) is 0 Å². The highest BCUT2D eigenvalue weighted by molar-refractivity contribution is 14.0. The Hall–Kier alpha value is -0.160. The largest absolute Gasteiger partial charge is 0.382 e. The highest BCUT2D eigenvalue weighted by atomic mass is 127. The molecule has 2 N–H and O–H groups in total. The minimum atomic E-state index is 0. The fourth-order valence-corrected chi connectivity index (χ4v) is 2.32. The second-order valence-electron chi connectivity index (χ2n) is 5.68. The van der Waals surface area contributed by atoms with Crippen LogP contribution in [0, 0.1) is 0 Å². The molecule has 0 radical (unpaired) electrons. The Morgan fingerprint density at radius 1 is 1.08 bits per heavy atom. The van der Waals surface area contributed by atoms with E-state index in [2.05, 4.69) is 22.5 Å². The standard InChI is InChI=1S/C17H35N3O4.HI/c1-3-18-17(19-8-4-10-22-15-14-21-2)20-9-5-11-24-16-6-12-23-13-7-16;/h16H,3-15H2,1-2H3,(H2,18,19,20);1H. The number of guanidine groups is 1. The van der Waals surface area contributed by atoms with E-state index in [1.807, 2.05) is 0 Å². The second-order valence-corrected chi connectivity index (χ2v) is 5.68. The van der Waals surface area contributed by atoms with E-state index in [0.717, 1.165) is 71.1 Å². The van der Waals surface area contributed by atoms with Crippen molar-refractivity contribution in [3.05, 3.63) is 0 Å². The number of aliphatic imine (C=N–C) groups is 1. The van der Waals surface area contributed by atoms with Crippen molar-refractivity contribution in [2.24, 2.45) is 4.99 Å². The van der Waals surface area contributed by atoms with Crippen LogP contribution in [0.5, 0.6) is 0 Å². The molecule has 1 heterocycles. The van der Waals surface area contributed by atoms with Crippen molar-refractivity contribution < 1.29 is 18.9 Å². The quantitative estimate of drug-likeness (QED) is 0.184. The minimum Gasteiger partial charge on any atom is -0.382 e. The van der Waals surface area contributed by atoms with E-state index in [1.165, 1.54) is 0 Å². The number of methoxy groups -OCH3 is 1. The summed E-state index contributed by atoms with van der Waals surface area (Å²) in [4.78, 5) is 4.54. The van der Waals surface area contributed by atoms with Crippen LogP contribution in [0.3, 0.4) is 0 Å². The van der Waals surface area contributed by atoms with Crippen molar-refractivity contribution in [2.75, 3.05) is 66.4 Å². The zero-order valence-electron chi connectivity index (χ0n) is 15.8. The molecule has 0 saturated carbocycles. The first-order valence-electron chi connectivity index (χ1n) is 9.15. The summed E-state index contributed by atoms with van der Waals surface area (Å²) in [5, 5.41) is 6.60. The lowest BCUT2D eigenvalue weighted by Gasteiger charge is -2.22. The molecular weight excluding hydrogens is 437 g/mol. The summed E-state index contributed by atoms with van der Waals surface area (Å²) in [6, 6.07) is 0. The summed E-state index contributed by atoms with van der Waals surface area (Å²) in [5.41, 5.74) is 0. The highest BCUT2D eigenvalue weighted by Crippen LogP contribution is 2.10. The fourth-order valence-electron chi connectivity index (χ4n) is 2.32. The molecule has 1 rings (SSSR count). The van der Waals surface area contributed by atoms with Gasteiger partial charge in [-0.15, -0.1) is 24.0 Å². The van der Waals surface area contributed by atoms with Gasteiger partial charge in [-0.3, -0.25) is 4.99 Å². The van der Waals surface area contributed by atoms with Crippen LogP contribution in [0.1, 0.15) is 32.6 Å². The van der Waals surface area contributed by atoms with Crippen molar-refractivity contribution in [2.45, 2.75) is 38.7 Å². The monoisotopic (exact) mass is 473 g/mol. The predicted molar refractivity (Wildman–Crippen MR) is 111 cm³/mol. The second kappa shape index (κ2) is 18.6. The molecular formula is C17H36IN3O4. The maximum absolute atomic E-state index is 5.86. The van der Waals surface area contributed by atoms with Gasteiger partial charge in [0.25, 0.3) is 0 Å². The molecule has 1 fully saturated rings. The average molecular weight is 473 g/mol. The van der Waals surface area contributed by atoms with Crippen molar-refractivity contribution in [3.8, 4) is 0 Å². The molecule has 0 aliphatic carbocycles. The molecule has 1 aliphatic rings. The van der Waals surface area contributed by atoms with Crippen LogP contribution < -0.4 is 10.6 Å². The lowest BCUT2D eigenvalue weighted by molar-refractivity contribution is -0.0320. The summed E-state index contributed by atoms with van der Waals surface area (Å²) in [6.07, 6.45) is 4.29. The van der Waals surface area contributed by atoms with E-state index in [4.69, 9.17) is 18.9 Å². The van der Waals surface area contributed by atoms with Crippen LogP contribution in [0.15, 0.2) is 4.99 Å². The summed E-state index contributed by atoms with van der Waals surface area (Å²) < 4.78 is 21.5. The Labute approximate surface area is 169 Å². The van der Waals surface area contributed by atoms with Crippen LogP contribution in [0.4, 0.5) is 0 Å². The molecule has 1 aliphatic heterocycles. The van der Waals surface area contributed by atoms with Gasteiger partial charge in [0.05, 0.1) is 19.3 Å². The van der Waals surface area contributed by atoms with E-state index in [0.29, 0.717) is 25.9 Å². The van der Waals surface area contributed by atoms with Gasteiger partial charge in [0, 0.05) is 53.2 Å². The molecule has 0 aromatic heterocycles. The number of nitrogens with zero attached hydrogens (tertiary/aromatic N) is 1. The van der Waals surface area contributed by atoms with Gasteiger partial charge < -0.3 is 29.6 Å². The molecule has 0 unspecified atom stereocenters. The Morgan fingerprint density at radius 2 is 1.88 bits per heavy atom. The molecule has 0 atom stereocenters. The lowest BCUT2D eigenvalue weighted by atomic mass is 10.1. The number of hydrogen-bond acceptors (Lipinski definition) is 5. The minimum absolute atomic E-state index is 0. The van der Waals surface area contributed by atoms with Crippen LogP contribution in [-0.4, -0.2) is 78.4 Å². The number of hydrogen-bond donors (Lipinski definition) is 2. The van der Waals surface area contributed by atoms with Crippen molar-refractivity contribution in [1.29, 1.82) is 0 Å². The molecule has 25 heavy (non-hydrogen) atoms. The number of halogens is 1. The smallest absolute Gasteiger partial charge is 0.191 e. The molecule has 0 amide bonds. The summed E-state index contributed by atoms with van der Waals surface area (Å²) in [7, 11) is 1.68. The fraction of sp³-hybridized carbons (Fsp3) is 0.941. The van der Waals surface area contributed by atoms with Gasteiger partial charge >= 0.3 is 0 Å². The van der Waals surface area contributed by atoms with Gasteiger partial charge in [-0.25, -0.2) is 0 Å². The van der Waals surface area contributed by atoms with Crippen molar-refractivity contribution in [3.63, 3.8) is 0 Å². The van der Waals surface area contributed by atoms with Crippen LogP contribution >= 0.6 is 24.0 Å². The van der Waals surface area contributed by atoms with Crippen molar-refractivity contribution >= 4 is 29.9 Å². The molecule has 150 valence electrons. The van der Waals surface area contributed by atoms with E-state index in [1.54, 1.807) is 7.11 Å². The number of ether oxygens (including phenoxy) is 4.